The van der Waals surface area contributed by atoms with Gasteiger partial charge in [-0.05, 0) is 25.6 Å². The van der Waals surface area contributed by atoms with Crippen LogP contribution in [0.4, 0.5) is 22.0 Å². The van der Waals surface area contributed by atoms with Crippen LogP contribution in [0, 0.1) is 11.6 Å². The average molecular weight is 322 g/mol. The monoisotopic (exact) mass is 322 g/mol. The number of aromatic nitrogens is 1. The predicted octanol–water partition coefficient (Wildman–Crippen LogP) is 3.94. The van der Waals surface area contributed by atoms with Crippen molar-refractivity contribution < 1.29 is 22.0 Å². The van der Waals surface area contributed by atoms with E-state index >= 15 is 0 Å². The Bertz CT molecular complexity index is 603. The van der Waals surface area contributed by atoms with Gasteiger partial charge in [-0.15, -0.1) is 11.3 Å². The highest BCUT2D eigenvalue weighted by molar-refractivity contribution is 7.11. The summed E-state index contributed by atoms with van der Waals surface area (Å²) in [5.41, 5.74) is -0.168. The summed E-state index contributed by atoms with van der Waals surface area (Å²) in [5, 5.41) is 1.78. The molecule has 2 nitrogen and oxygen atoms in total. The quantitative estimate of drug-likeness (QED) is 0.863. The topological polar surface area (TPSA) is 24.9 Å². The fourth-order valence-electron chi connectivity index (χ4n) is 1.86. The molecule has 0 saturated carbocycles. The van der Waals surface area contributed by atoms with E-state index in [1.807, 2.05) is 0 Å². The van der Waals surface area contributed by atoms with Crippen LogP contribution in [-0.2, 0) is 12.6 Å². The molecule has 21 heavy (non-hydrogen) atoms. The van der Waals surface area contributed by atoms with Crippen molar-refractivity contribution in [2.24, 2.45) is 0 Å². The van der Waals surface area contributed by atoms with Gasteiger partial charge >= 0.3 is 6.18 Å². The van der Waals surface area contributed by atoms with Gasteiger partial charge in [0.25, 0.3) is 0 Å². The van der Waals surface area contributed by atoms with Crippen LogP contribution >= 0.6 is 11.3 Å². The molecule has 0 aliphatic carbocycles. The Morgan fingerprint density at radius 2 is 1.86 bits per heavy atom. The molecular formula is C13H11F5N2S. The number of halogens is 5. The van der Waals surface area contributed by atoms with E-state index in [-0.39, 0.29) is 16.9 Å². The second-order valence-corrected chi connectivity index (χ2v) is 5.37. The Balaban J connectivity index is 2.26. The van der Waals surface area contributed by atoms with Gasteiger partial charge < -0.3 is 5.32 Å². The molecule has 2 aromatic rings. The second-order valence-electron chi connectivity index (χ2n) is 4.31. The van der Waals surface area contributed by atoms with Crippen LogP contribution in [0.5, 0.6) is 0 Å². The summed E-state index contributed by atoms with van der Waals surface area (Å²) in [4.78, 5) is 3.58. The van der Waals surface area contributed by atoms with E-state index < -0.39 is 28.9 Å². The molecule has 8 heteroatoms. The molecule has 0 aliphatic rings. The predicted molar refractivity (Wildman–Crippen MR) is 69.0 cm³/mol. The standard InChI is InChI=1S/C13H11F5N2S/c1-19-10(5-7-8(14)3-2-4-9(7)15)11-6-20-12(21-11)13(16,17)18/h2-4,6,10,19H,5H2,1H3. The number of benzene rings is 1. The lowest BCUT2D eigenvalue weighted by Crippen LogP contribution is -2.19. The molecule has 2 rings (SSSR count). The van der Waals surface area contributed by atoms with Crippen molar-refractivity contribution >= 4 is 11.3 Å². The van der Waals surface area contributed by atoms with Gasteiger partial charge in [-0.3, -0.25) is 0 Å². The summed E-state index contributed by atoms with van der Waals surface area (Å²) in [5.74, 6) is -1.45. The highest BCUT2D eigenvalue weighted by Gasteiger charge is 2.35. The zero-order valence-electron chi connectivity index (χ0n) is 10.8. The molecule has 0 spiro atoms. The number of nitrogens with zero attached hydrogens (tertiary/aromatic N) is 1. The van der Waals surface area contributed by atoms with E-state index in [4.69, 9.17) is 0 Å². The molecule has 1 atom stereocenters. The van der Waals surface area contributed by atoms with E-state index in [0.29, 0.717) is 11.3 Å². The summed E-state index contributed by atoms with van der Waals surface area (Å²) in [6, 6.07) is 2.81. The van der Waals surface area contributed by atoms with Crippen molar-refractivity contribution in [2.75, 3.05) is 7.05 Å². The Kier molecular flexibility index (Phi) is 4.58. The van der Waals surface area contributed by atoms with Crippen LogP contribution in [-0.4, -0.2) is 12.0 Å². The first-order valence-corrected chi connectivity index (χ1v) is 6.77. The molecule has 1 unspecified atom stereocenters. The summed E-state index contributed by atoms with van der Waals surface area (Å²) >= 11 is 0.460. The number of hydrogen-bond donors (Lipinski definition) is 1. The zero-order chi connectivity index (χ0) is 15.6. The normalized spacial score (nSPS) is 13.4. The first kappa shape index (κ1) is 15.8. The highest BCUT2D eigenvalue weighted by atomic mass is 32.1. The van der Waals surface area contributed by atoms with E-state index in [1.165, 1.54) is 13.1 Å². The van der Waals surface area contributed by atoms with Gasteiger partial charge in [0, 0.05) is 22.7 Å². The van der Waals surface area contributed by atoms with Crippen LogP contribution in [0.25, 0.3) is 0 Å². The third kappa shape index (κ3) is 3.56. The first-order chi connectivity index (χ1) is 9.82. The number of thiazole rings is 1. The third-order valence-corrected chi connectivity index (χ3v) is 4.08. The van der Waals surface area contributed by atoms with Crippen molar-refractivity contribution in [3.05, 3.63) is 51.5 Å². The Morgan fingerprint density at radius 1 is 1.24 bits per heavy atom. The fourth-order valence-corrected chi connectivity index (χ4v) is 2.75. The van der Waals surface area contributed by atoms with Gasteiger partial charge in [0.05, 0.1) is 0 Å². The zero-order valence-corrected chi connectivity index (χ0v) is 11.7. The summed E-state index contributed by atoms with van der Waals surface area (Å²) in [6.45, 7) is 0. The SMILES string of the molecule is CNC(Cc1c(F)cccc1F)c1cnc(C(F)(F)F)s1. The Hall–Kier alpha value is -1.54. The molecule has 1 heterocycles. The number of likely N-dealkylation sites (N-methyl/N-ethyl adjacent to an activating group) is 1. The molecule has 0 bridgehead atoms. The van der Waals surface area contributed by atoms with Crippen LogP contribution < -0.4 is 5.32 Å². The van der Waals surface area contributed by atoms with Gasteiger partial charge in [0.1, 0.15) is 11.6 Å². The second kappa shape index (κ2) is 6.07. The lowest BCUT2D eigenvalue weighted by Gasteiger charge is -2.15. The minimum absolute atomic E-state index is 0.103. The number of rotatable bonds is 4. The van der Waals surface area contributed by atoms with Gasteiger partial charge in [-0.1, -0.05) is 6.07 Å². The first-order valence-electron chi connectivity index (χ1n) is 5.96. The molecule has 1 aromatic heterocycles. The van der Waals surface area contributed by atoms with Crippen LogP contribution in [0.3, 0.4) is 0 Å². The third-order valence-electron chi connectivity index (χ3n) is 2.93. The largest absolute Gasteiger partial charge is 0.443 e. The molecule has 0 radical (unpaired) electrons. The fraction of sp³-hybridized carbons (Fsp3) is 0.308. The molecule has 0 saturated heterocycles. The van der Waals surface area contributed by atoms with Gasteiger partial charge in [-0.25, -0.2) is 13.8 Å². The maximum atomic E-state index is 13.6. The minimum atomic E-state index is -4.52. The van der Waals surface area contributed by atoms with E-state index in [2.05, 4.69) is 10.3 Å². The van der Waals surface area contributed by atoms with Gasteiger partial charge in [0.15, 0.2) is 5.01 Å². The summed E-state index contributed by atoms with van der Waals surface area (Å²) < 4.78 is 64.8. The van der Waals surface area contributed by atoms with E-state index in [9.17, 15) is 22.0 Å². The van der Waals surface area contributed by atoms with Crippen LogP contribution in [0.15, 0.2) is 24.4 Å². The Morgan fingerprint density at radius 3 is 2.33 bits per heavy atom. The minimum Gasteiger partial charge on any atom is -0.312 e. The van der Waals surface area contributed by atoms with E-state index in [1.54, 1.807) is 0 Å². The van der Waals surface area contributed by atoms with E-state index in [0.717, 1.165) is 18.3 Å². The molecule has 1 aromatic carbocycles. The summed E-state index contributed by atoms with van der Waals surface area (Å²) in [7, 11) is 1.51. The maximum absolute atomic E-state index is 13.6. The van der Waals surface area contributed by atoms with Crippen molar-refractivity contribution in [3.63, 3.8) is 0 Å². The number of hydrogen-bond acceptors (Lipinski definition) is 3. The molecule has 114 valence electrons. The van der Waals surface area contributed by atoms with Crippen molar-refractivity contribution in [2.45, 2.75) is 18.6 Å². The molecule has 0 aliphatic heterocycles. The number of nitrogens with one attached hydrogen (secondary N) is 1. The van der Waals surface area contributed by atoms with Crippen molar-refractivity contribution in [1.82, 2.24) is 10.3 Å². The Labute approximate surface area is 121 Å². The van der Waals surface area contributed by atoms with Crippen molar-refractivity contribution in [1.29, 1.82) is 0 Å². The number of alkyl halides is 3. The highest BCUT2D eigenvalue weighted by Crippen LogP contribution is 2.35. The lowest BCUT2D eigenvalue weighted by molar-refractivity contribution is -0.137. The van der Waals surface area contributed by atoms with Crippen molar-refractivity contribution in [3.8, 4) is 0 Å². The maximum Gasteiger partial charge on any atom is 0.443 e. The molecule has 1 N–H and O–H groups in total. The van der Waals surface area contributed by atoms with Crippen LogP contribution in [0.2, 0.25) is 0 Å². The molecule has 0 fully saturated rings. The van der Waals surface area contributed by atoms with Crippen LogP contribution in [0.1, 0.15) is 21.5 Å². The van der Waals surface area contributed by atoms with Gasteiger partial charge in [0.2, 0.25) is 0 Å². The molecule has 0 amide bonds. The summed E-state index contributed by atoms with van der Waals surface area (Å²) in [6.07, 6.45) is -3.55. The lowest BCUT2D eigenvalue weighted by atomic mass is 10.0. The average Bonchev–Trinajstić information content (AvgIpc) is 2.88. The van der Waals surface area contributed by atoms with Gasteiger partial charge in [-0.2, -0.15) is 13.2 Å². The molecular weight excluding hydrogens is 311 g/mol. The smallest absolute Gasteiger partial charge is 0.312 e.